The number of halogens is 3. The first-order valence-corrected chi connectivity index (χ1v) is 6.77. The maximum Gasteiger partial charge on any atom is 0.405 e. The number of fused-ring (bicyclic) bond motifs is 2. The van der Waals surface area contributed by atoms with E-state index in [-0.39, 0.29) is 12.8 Å². The molecule has 3 nitrogen and oxygen atoms in total. The van der Waals surface area contributed by atoms with Crippen LogP contribution in [0.2, 0.25) is 0 Å². The van der Waals surface area contributed by atoms with E-state index in [1.165, 1.54) is 4.90 Å². The van der Waals surface area contributed by atoms with Crippen LogP contribution in [0.15, 0.2) is 0 Å². The summed E-state index contributed by atoms with van der Waals surface area (Å²) in [6.07, 6.45) is -1.89. The van der Waals surface area contributed by atoms with E-state index in [1.807, 2.05) is 0 Å². The Hall–Kier alpha value is -0.110. The molecule has 2 saturated heterocycles. The van der Waals surface area contributed by atoms with Crippen molar-refractivity contribution in [1.29, 1.82) is 0 Å². The fourth-order valence-electron chi connectivity index (χ4n) is 2.45. The van der Waals surface area contributed by atoms with Crippen LogP contribution in [0.25, 0.3) is 0 Å². The molecule has 2 fully saturated rings. The minimum absolute atomic E-state index is 0.0239. The van der Waals surface area contributed by atoms with Gasteiger partial charge in [-0.05, 0) is 6.42 Å². The van der Waals surface area contributed by atoms with Gasteiger partial charge >= 0.3 is 6.18 Å². The number of alkyl halides is 3. The van der Waals surface area contributed by atoms with E-state index in [9.17, 15) is 13.2 Å². The number of hydrogen-bond donors (Lipinski definition) is 1. The van der Waals surface area contributed by atoms with Gasteiger partial charge in [-0.2, -0.15) is 13.2 Å². The summed E-state index contributed by atoms with van der Waals surface area (Å²) in [4.78, 5) is 1.41. The average molecular weight is 256 g/mol. The van der Waals surface area contributed by atoms with Crippen molar-refractivity contribution in [2.75, 3.05) is 19.5 Å². The third-order valence-corrected chi connectivity index (χ3v) is 3.60. The Kier molecular flexibility index (Phi) is 3.31. The highest BCUT2D eigenvalue weighted by Crippen LogP contribution is 2.39. The van der Waals surface area contributed by atoms with Gasteiger partial charge in [0, 0.05) is 24.9 Å². The van der Waals surface area contributed by atoms with E-state index in [2.05, 4.69) is 11.2 Å². The van der Waals surface area contributed by atoms with Crippen LogP contribution >= 0.6 is 10.8 Å². The van der Waals surface area contributed by atoms with Crippen molar-refractivity contribution < 1.29 is 17.4 Å². The molecule has 2 heterocycles. The van der Waals surface area contributed by atoms with Crippen LogP contribution in [0.3, 0.4) is 0 Å². The van der Waals surface area contributed by atoms with Crippen LogP contribution in [-0.2, 0) is 4.18 Å². The van der Waals surface area contributed by atoms with E-state index in [4.69, 9.17) is 4.18 Å². The van der Waals surface area contributed by atoms with E-state index >= 15 is 0 Å². The fraction of sp³-hybridized carbons (Fsp3) is 0.889. The molecule has 94 valence electrons. The average Bonchev–Trinajstić information content (AvgIpc) is 2.71. The second kappa shape index (κ2) is 4.29. The molecule has 4 unspecified atom stereocenters. The molecule has 0 aromatic heterocycles. The van der Waals surface area contributed by atoms with Crippen LogP contribution < -0.4 is 5.32 Å². The summed E-state index contributed by atoms with van der Waals surface area (Å²) >= 11 is 0. The third kappa shape index (κ3) is 2.27. The second-order valence-corrected chi connectivity index (χ2v) is 5.61. The van der Waals surface area contributed by atoms with Crippen LogP contribution in [0.5, 0.6) is 0 Å². The molecule has 2 aliphatic rings. The Morgan fingerprint density at radius 1 is 1.56 bits per heavy atom. The number of hydrogen-bond acceptors (Lipinski definition) is 3. The molecule has 0 spiro atoms. The van der Waals surface area contributed by atoms with E-state index in [0.717, 1.165) is 0 Å². The Bertz CT molecular complexity index is 297. The Balaban J connectivity index is 2.06. The molecule has 2 bridgehead atoms. The van der Waals surface area contributed by atoms with Gasteiger partial charge in [0.05, 0.1) is 0 Å². The highest BCUT2D eigenvalue weighted by Gasteiger charge is 2.57. The van der Waals surface area contributed by atoms with E-state index < -0.39 is 29.0 Å². The molecule has 7 heteroatoms. The summed E-state index contributed by atoms with van der Waals surface area (Å²) in [6.45, 7) is 0.644. The highest BCUT2D eigenvalue weighted by molar-refractivity contribution is 8.09. The molecule has 0 aliphatic carbocycles. The summed E-state index contributed by atoms with van der Waals surface area (Å²) in [5.74, 6) is 3.63. The highest BCUT2D eigenvalue weighted by atomic mass is 32.2. The fourth-order valence-corrected chi connectivity index (χ4v) is 2.75. The summed E-state index contributed by atoms with van der Waals surface area (Å²) < 4.78 is 43.7. The van der Waals surface area contributed by atoms with Crippen molar-refractivity contribution in [3.8, 4) is 0 Å². The predicted molar refractivity (Wildman–Crippen MR) is 58.5 cm³/mol. The van der Waals surface area contributed by atoms with Crippen molar-refractivity contribution in [2.24, 2.45) is 0 Å². The van der Waals surface area contributed by atoms with Gasteiger partial charge < -0.3 is 9.50 Å². The van der Waals surface area contributed by atoms with Gasteiger partial charge in [-0.1, -0.05) is 16.6 Å². The second-order valence-electron chi connectivity index (χ2n) is 4.23. The quantitative estimate of drug-likeness (QED) is 0.768. The van der Waals surface area contributed by atoms with Gasteiger partial charge in [-0.25, -0.2) is 0 Å². The smallest absolute Gasteiger partial charge is 0.310 e. The standard InChI is InChI=1S/C9H15F3N2OS/c1-16(2)15-5-14-6-3-7(13-4-6)8(14)9(10,11)12/h6-8,13H,1,3-5H2,2H3. The van der Waals surface area contributed by atoms with E-state index in [1.54, 1.807) is 6.26 Å². The van der Waals surface area contributed by atoms with Crippen LogP contribution in [0, 0.1) is 0 Å². The van der Waals surface area contributed by atoms with Gasteiger partial charge in [-0.15, -0.1) is 0 Å². The molecule has 1 N–H and O–H groups in total. The zero-order chi connectivity index (χ0) is 11.9. The minimum atomic E-state index is -4.19. The number of piperazine rings is 1. The Morgan fingerprint density at radius 3 is 2.81 bits per heavy atom. The molecular weight excluding hydrogens is 241 g/mol. The van der Waals surface area contributed by atoms with Crippen molar-refractivity contribution in [3.63, 3.8) is 0 Å². The summed E-state index contributed by atoms with van der Waals surface area (Å²) in [6, 6.07) is -1.94. The van der Waals surface area contributed by atoms with Gasteiger partial charge in [0.15, 0.2) is 0 Å². The lowest BCUT2D eigenvalue weighted by atomic mass is 10.1. The van der Waals surface area contributed by atoms with Crippen molar-refractivity contribution >= 4 is 16.6 Å². The number of nitrogens with one attached hydrogen (secondary N) is 1. The van der Waals surface area contributed by atoms with Crippen LogP contribution in [0.4, 0.5) is 13.2 Å². The molecular formula is C9H15F3N2OS. The normalized spacial score (nSPS) is 36.9. The SMILES string of the molecule is C=S(C)OCN1C2CNC(C2)C1C(F)(F)F. The first kappa shape index (κ1) is 12.3. The topological polar surface area (TPSA) is 24.5 Å². The van der Waals surface area contributed by atoms with Gasteiger partial charge in [-0.3, -0.25) is 4.90 Å². The number of likely N-dealkylation sites (tertiary alicyclic amines) is 1. The molecule has 0 radical (unpaired) electrons. The molecule has 16 heavy (non-hydrogen) atoms. The Morgan fingerprint density at radius 2 is 2.25 bits per heavy atom. The first-order chi connectivity index (χ1) is 7.39. The summed E-state index contributed by atoms with van der Waals surface area (Å²) in [5, 5.41) is 2.90. The van der Waals surface area contributed by atoms with Gasteiger partial charge in [0.25, 0.3) is 0 Å². The lowest BCUT2D eigenvalue weighted by Gasteiger charge is -2.36. The third-order valence-electron chi connectivity index (χ3n) is 3.09. The van der Waals surface area contributed by atoms with Crippen LogP contribution in [0.1, 0.15) is 6.42 Å². The lowest BCUT2D eigenvalue weighted by Crippen LogP contribution is -2.58. The molecule has 0 amide bonds. The largest absolute Gasteiger partial charge is 0.405 e. The lowest BCUT2D eigenvalue weighted by molar-refractivity contribution is -0.194. The number of rotatable bonds is 3. The van der Waals surface area contributed by atoms with Gasteiger partial charge in [0.1, 0.15) is 12.8 Å². The Labute approximate surface area is 95.1 Å². The van der Waals surface area contributed by atoms with Crippen molar-refractivity contribution in [2.45, 2.75) is 30.7 Å². The van der Waals surface area contributed by atoms with Crippen molar-refractivity contribution in [3.05, 3.63) is 0 Å². The molecule has 4 atom stereocenters. The predicted octanol–water partition coefficient (Wildman–Crippen LogP) is 1.18. The molecule has 2 rings (SSSR count). The summed E-state index contributed by atoms with van der Waals surface area (Å²) in [5.41, 5.74) is 0. The van der Waals surface area contributed by atoms with E-state index in [0.29, 0.717) is 13.0 Å². The molecule has 2 aliphatic heterocycles. The zero-order valence-electron chi connectivity index (χ0n) is 8.96. The van der Waals surface area contributed by atoms with Crippen LogP contribution in [-0.4, -0.2) is 54.6 Å². The first-order valence-electron chi connectivity index (χ1n) is 5.04. The molecule has 0 aromatic rings. The maximum absolute atomic E-state index is 12.8. The van der Waals surface area contributed by atoms with Crippen molar-refractivity contribution in [1.82, 2.24) is 10.2 Å². The minimum Gasteiger partial charge on any atom is -0.310 e. The van der Waals surface area contributed by atoms with Gasteiger partial charge in [0.2, 0.25) is 0 Å². The molecule has 0 aromatic carbocycles. The maximum atomic E-state index is 12.8. The summed E-state index contributed by atoms with van der Waals surface area (Å²) in [7, 11) is -0.535. The zero-order valence-corrected chi connectivity index (χ0v) is 9.77. The number of nitrogens with zero attached hydrogens (tertiary/aromatic N) is 1. The molecule has 0 saturated carbocycles. The monoisotopic (exact) mass is 256 g/mol.